The fraction of sp³-hybridized carbons (Fsp3) is 0.276. The summed E-state index contributed by atoms with van der Waals surface area (Å²) in [5.74, 6) is -0.733. The second-order valence-electron chi connectivity index (χ2n) is 9.40. The van der Waals surface area contributed by atoms with Gasteiger partial charge in [0.2, 0.25) is 11.8 Å². The molecular formula is C29H30ClN5O5. The average Bonchev–Trinajstić information content (AvgIpc) is 3.40. The number of ether oxygens (including phenoxy) is 1. The van der Waals surface area contributed by atoms with Crippen molar-refractivity contribution < 1.29 is 23.9 Å². The summed E-state index contributed by atoms with van der Waals surface area (Å²) >= 11 is 6.12. The standard InChI is InChI=1S/C29H30ClN5O5/c1-17(36)21-11-9-19(30)14-18(21)8-13-27(38)33-23-6-4-3-5-7-26(37)34-24-15-20(32-29(39)40-2)10-12-22(24)25-16-31-28(23)35-25/h3-4,8-16,18,21,23H,5-7H2,1-2H3,(H,31,35)(H,32,39)(H,33,38)(H,34,37)/b4-3+,13-8+/t18?,21?,23-/m0/s1. The molecule has 4 N–H and O–H groups in total. The van der Waals surface area contributed by atoms with Gasteiger partial charge in [-0.1, -0.05) is 42.0 Å². The highest BCUT2D eigenvalue weighted by Crippen LogP contribution is 2.32. The number of nitrogens with zero attached hydrogens (tertiary/aromatic N) is 1. The fourth-order valence-electron chi connectivity index (χ4n) is 4.46. The second kappa shape index (κ2) is 13.1. The third-order valence-electron chi connectivity index (χ3n) is 6.50. The van der Waals surface area contributed by atoms with Crippen LogP contribution < -0.4 is 16.0 Å². The molecule has 2 heterocycles. The maximum absolute atomic E-state index is 12.9. The van der Waals surface area contributed by atoms with Crippen LogP contribution in [0.15, 0.2) is 72.0 Å². The normalized spacial score (nSPS) is 21.5. The second-order valence-corrected chi connectivity index (χ2v) is 9.83. The van der Waals surface area contributed by atoms with Crippen molar-refractivity contribution in [1.82, 2.24) is 15.3 Å². The molecule has 0 spiro atoms. The molecule has 3 atom stereocenters. The van der Waals surface area contributed by atoms with E-state index in [2.05, 4.69) is 30.7 Å². The lowest BCUT2D eigenvalue weighted by molar-refractivity contribution is -0.120. The van der Waals surface area contributed by atoms with Gasteiger partial charge in [-0.2, -0.15) is 0 Å². The number of amides is 3. The van der Waals surface area contributed by atoms with Crippen molar-refractivity contribution in [3.05, 3.63) is 77.8 Å². The Bertz CT molecular complexity index is 1420. The summed E-state index contributed by atoms with van der Waals surface area (Å²) < 4.78 is 4.66. The summed E-state index contributed by atoms with van der Waals surface area (Å²) in [5, 5.41) is 8.98. The number of methoxy groups -OCH3 is 1. The zero-order chi connectivity index (χ0) is 28.6. The van der Waals surface area contributed by atoms with E-state index in [9.17, 15) is 19.2 Å². The molecule has 2 aromatic rings. The zero-order valence-corrected chi connectivity index (χ0v) is 22.8. The molecule has 10 nitrogen and oxygen atoms in total. The highest BCUT2D eigenvalue weighted by Gasteiger charge is 2.23. The maximum atomic E-state index is 12.9. The molecular weight excluding hydrogens is 534 g/mol. The minimum absolute atomic E-state index is 0.0170. The molecule has 1 aliphatic heterocycles. The Hall–Kier alpha value is -4.44. The number of imidazole rings is 1. The molecule has 1 aliphatic carbocycles. The van der Waals surface area contributed by atoms with Crippen LogP contribution in [-0.2, 0) is 19.1 Å². The van der Waals surface area contributed by atoms with E-state index in [1.165, 1.54) is 20.1 Å². The number of aromatic amines is 1. The number of halogens is 1. The SMILES string of the molecule is COC(=O)Nc1ccc2c(c1)NC(=O)CC/C=C/C[C@H](NC(=O)/C=C/C1C=C(Cl)C=CC1C(C)=O)c1ncc-2[nH]1. The number of aromatic nitrogens is 2. The number of hydrogen-bond acceptors (Lipinski definition) is 6. The van der Waals surface area contributed by atoms with Gasteiger partial charge >= 0.3 is 6.09 Å². The highest BCUT2D eigenvalue weighted by molar-refractivity contribution is 6.31. The monoisotopic (exact) mass is 563 g/mol. The Kier molecular flexibility index (Phi) is 9.34. The minimum atomic E-state index is -0.631. The first-order valence-corrected chi connectivity index (χ1v) is 13.1. The number of rotatable bonds is 5. The van der Waals surface area contributed by atoms with Gasteiger partial charge in [-0.15, -0.1) is 0 Å². The van der Waals surface area contributed by atoms with E-state index in [-0.39, 0.29) is 35.9 Å². The summed E-state index contributed by atoms with van der Waals surface area (Å²) in [4.78, 5) is 57.0. The number of carbonyl (C=O) groups is 4. The molecule has 0 saturated carbocycles. The van der Waals surface area contributed by atoms with Crippen LogP contribution in [0.1, 0.15) is 38.1 Å². The molecule has 0 fully saturated rings. The molecule has 2 bridgehead atoms. The quantitative estimate of drug-likeness (QED) is 0.292. The van der Waals surface area contributed by atoms with E-state index < -0.39 is 12.1 Å². The van der Waals surface area contributed by atoms with E-state index in [0.717, 1.165) is 0 Å². The molecule has 40 heavy (non-hydrogen) atoms. The van der Waals surface area contributed by atoms with Crippen molar-refractivity contribution in [3.8, 4) is 11.3 Å². The molecule has 0 saturated heterocycles. The molecule has 0 radical (unpaired) electrons. The number of hydrogen-bond donors (Lipinski definition) is 4. The molecule has 4 rings (SSSR count). The van der Waals surface area contributed by atoms with Crippen molar-refractivity contribution in [1.29, 1.82) is 0 Å². The first-order chi connectivity index (χ1) is 19.2. The zero-order valence-electron chi connectivity index (χ0n) is 22.1. The van der Waals surface area contributed by atoms with Crippen LogP contribution >= 0.6 is 11.6 Å². The van der Waals surface area contributed by atoms with Crippen LogP contribution in [0.2, 0.25) is 0 Å². The van der Waals surface area contributed by atoms with Crippen molar-refractivity contribution >= 4 is 46.7 Å². The topological polar surface area (TPSA) is 142 Å². The Morgan fingerprint density at radius 3 is 2.83 bits per heavy atom. The molecule has 208 valence electrons. The van der Waals surface area contributed by atoms with E-state index in [1.54, 1.807) is 48.7 Å². The minimum Gasteiger partial charge on any atom is -0.453 e. The van der Waals surface area contributed by atoms with Gasteiger partial charge in [0.25, 0.3) is 0 Å². The summed E-state index contributed by atoms with van der Waals surface area (Å²) in [6.07, 6.45) is 14.2. The number of ketones is 1. The van der Waals surface area contributed by atoms with Crippen LogP contribution in [0.4, 0.5) is 16.2 Å². The number of fused-ring (bicyclic) bond motifs is 4. The Morgan fingerprint density at radius 1 is 1.23 bits per heavy atom. The number of nitrogens with one attached hydrogen (secondary N) is 4. The van der Waals surface area contributed by atoms with Crippen LogP contribution in [0.25, 0.3) is 11.3 Å². The Balaban J connectivity index is 1.58. The number of H-pyrrole nitrogens is 1. The number of allylic oxidation sites excluding steroid dienone is 6. The molecule has 11 heteroatoms. The van der Waals surface area contributed by atoms with E-state index >= 15 is 0 Å². The van der Waals surface area contributed by atoms with Gasteiger partial charge in [0.15, 0.2) is 0 Å². The highest BCUT2D eigenvalue weighted by atomic mass is 35.5. The number of anilines is 2. The van der Waals surface area contributed by atoms with Gasteiger partial charge in [-0.3, -0.25) is 19.7 Å². The van der Waals surface area contributed by atoms with Gasteiger partial charge in [0.1, 0.15) is 11.6 Å². The summed E-state index contributed by atoms with van der Waals surface area (Å²) in [6, 6.07) is 4.58. The van der Waals surface area contributed by atoms with Crippen molar-refractivity contribution in [3.63, 3.8) is 0 Å². The predicted octanol–water partition coefficient (Wildman–Crippen LogP) is 5.16. The van der Waals surface area contributed by atoms with E-state index in [1.807, 2.05) is 12.2 Å². The number of Topliss-reactive ketones (excluding diaryl/α,β-unsaturated/α-hetero) is 1. The maximum Gasteiger partial charge on any atom is 0.411 e. The van der Waals surface area contributed by atoms with Gasteiger partial charge < -0.3 is 20.4 Å². The lowest BCUT2D eigenvalue weighted by Gasteiger charge is -2.20. The van der Waals surface area contributed by atoms with Gasteiger partial charge in [0, 0.05) is 34.5 Å². The Labute approximate surface area is 236 Å². The summed E-state index contributed by atoms with van der Waals surface area (Å²) in [6.45, 7) is 1.51. The van der Waals surface area contributed by atoms with Gasteiger partial charge in [-0.25, -0.2) is 9.78 Å². The summed E-state index contributed by atoms with van der Waals surface area (Å²) in [5.41, 5.74) is 2.20. The summed E-state index contributed by atoms with van der Waals surface area (Å²) in [7, 11) is 1.27. The van der Waals surface area contributed by atoms with Gasteiger partial charge in [-0.05, 0) is 50.1 Å². The largest absolute Gasteiger partial charge is 0.453 e. The molecule has 2 aliphatic rings. The lowest BCUT2D eigenvalue weighted by Crippen LogP contribution is -2.28. The first-order valence-electron chi connectivity index (χ1n) is 12.8. The Morgan fingerprint density at radius 2 is 2.05 bits per heavy atom. The molecule has 1 aromatic heterocycles. The van der Waals surface area contributed by atoms with Crippen LogP contribution in [-0.4, -0.2) is 40.8 Å². The average molecular weight is 564 g/mol. The number of benzene rings is 1. The van der Waals surface area contributed by atoms with Gasteiger partial charge in [0.05, 0.1) is 30.7 Å². The van der Waals surface area contributed by atoms with Crippen LogP contribution in [0, 0.1) is 11.8 Å². The first kappa shape index (κ1) is 28.6. The van der Waals surface area contributed by atoms with E-state index in [4.69, 9.17) is 11.6 Å². The van der Waals surface area contributed by atoms with E-state index in [0.29, 0.717) is 46.3 Å². The predicted molar refractivity (Wildman–Crippen MR) is 152 cm³/mol. The van der Waals surface area contributed by atoms with Crippen LogP contribution in [0.3, 0.4) is 0 Å². The number of carbonyl (C=O) groups excluding carboxylic acids is 4. The van der Waals surface area contributed by atoms with Crippen molar-refractivity contribution in [2.45, 2.75) is 32.2 Å². The molecule has 1 aromatic carbocycles. The van der Waals surface area contributed by atoms with Crippen LogP contribution in [0.5, 0.6) is 0 Å². The lowest BCUT2D eigenvalue weighted by atomic mass is 9.85. The molecule has 3 amide bonds. The third-order valence-corrected chi connectivity index (χ3v) is 6.75. The third kappa shape index (κ3) is 7.35. The van der Waals surface area contributed by atoms with Crippen molar-refractivity contribution in [2.24, 2.45) is 11.8 Å². The molecule has 2 unspecified atom stereocenters. The smallest absolute Gasteiger partial charge is 0.411 e. The van der Waals surface area contributed by atoms with Crippen molar-refractivity contribution in [2.75, 3.05) is 17.7 Å². The fourth-order valence-corrected chi connectivity index (χ4v) is 4.68.